The van der Waals surface area contributed by atoms with Gasteiger partial charge in [0.05, 0.1) is 38.3 Å². The van der Waals surface area contributed by atoms with Crippen LogP contribution in [0.2, 0.25) is 0 Å². The molecule has 1 saturated heterocycles. The summed E-state index contributed by atoms with van der Waals surface area (Å²) in [4.78, 5) is 14.8. The van der Waals surface area contributed by atoms with Crippen molar-refractivity contribution in [1.82, 2.24) is 4.48 Å². The van der Waals surface area contributed by atoms with E-state index in [1.807, 2.05) is 17.9 Å². The average Bonchev–Trinajstić information content (AvgIpc) is 2.76. The lowest BCUT2D eigenvalue weighted by Crippen LogP contribution is -2.43. The summed E-state index contributed by atoms with van der Waals surface area (Å²) in [5.41, 5.74) is 1.23. The molecular formula is C23H24F3N2O3+. The topological polar surface area (TPSA) is 42.7 Å². The molecule has 3 aromatic rings. The fraction of sp³-hybridized carbons (Fsp3) is 0.348. The summed E-state index contributed by atoms with van der Waals surface area (Å²) in [6.45, 7) is 4.19. The summed E-state index contributed by atoms with van der Waals surface area (Å²) in [5.74, 6) is -3.52. The lowest BCUT2D eigenvalue weighted by molar-refractivity contribution is 0.121. The Morgan fingerprint density at radius 2 is 1.68 bits per heavy atom. The molecular weight excluding hydrogens is 409 g/mol. The van der Waals surface area contributed by atoms with E-state index in [0.29, 0.717) is 48.7 Å². The van der Waals surface area contributed by atoms with E-state index in [2.05, 4.69) is 0 Å². The van der Waals surface area contributed by atoms with Gasteiger partial charge in [-0.2, -0.15) is 0 Å². The van der Waals surface area contributed by atoms with Crippen LogP contribution in [0.15, 0.2) is 45.6 Å². The second kappa shape index (κ2) is 8.01. The number of benzene rings is 2. The van der Waals surface area contributed by atoms with Crippen molar-refractivity contribution in [1.29, 1.82) is 0 Å². The van der Waals surface area contributed by atoms with E-state index in [4.69, 9.17) is 9.15 Å². The Hall–Kier alpha value is -2.84. The molecule has 0 radical (unpaired) electrons. The van der Waals surface area contributed by atoms with Crippen LogP contribution in [0.1, 0.15) is 18.5 Å². The Morgan fingerprint density at radius 1 is 1.03 bits per heavy atom. The highest BCUT2D eigenvalue weighted by atomic mass is 19.2. The van der Waals surface area contributed by atoms with Crippen LogP contribution in [0.4, 0.5) is 24.7 Å². The molecule has 1 aromatic heterocycles. The number of hydrogen-bond acceptors (Lipinski definition) is 4. The molecule has 2 aromatic carbocycles. The molecule has 164 valence electrons. The summed E-state index contributed by atoms with van der Waals surface area (Å²) in [6.07, 6.45) is 0. The summed E-state index contributed by atoms with van der Waals surface area (Å²) >= 11 is 0. The van der Waals surface area contributed by atoms with Crippen molar-refractivity contribution in [2.75, 3.05) is 45.3 Å². The lowest BCUT2D eigenvalue weighted by Gasteiger charge is -2.36. The summed E-state index contributed by atoms with van der Waals surface area (Å²) < 4.78 is 52.8. The van der Waals surface area contributed by atoms with E-state index < -0.39 is 17.5 Å². The minimum Gasteiger partial charge on any atom is -0.440 e. The van der Waals surface area contributed by atoms with Gasteiger partial charge in [-0.3, -0.25) is 9.28 Å². The third-order valence-corrected chi connectivity index (χ3v) is 6.15. The van der Waals surface area contributed by atoms with Crippen LogP contribution in [0.25, 0.3) is 11.0 Å². The largest absolute Gasteiger partial charge is 0.440 e. The van der Waals surface area contributed by atoms with Crippen LogP contribution in [-0.4, -0.2) is 40.4 Å². The van der Waals surface area contributed by atoms with Gasteiger partial charge in [-0.1, -0.05) is 6.07 Å². The second-order valence-corrected chi connectivity index (χ2v) is 8.21. The molecule has 4 rings (SSSR count). The number of para-hydroxylation sites is 1. The van der Waals surface area contributed by atoms with Crippen molar-refractivity contribution in [3.05, 3.63) is 69.6 Å². The molecule has 1 aliphatic rings. The van der Waals surface area contributed by atoms with Gasteiger partial charge >= 0.3 is 0 Å². The fourth-order valence-electron chi connectivity index (χ4n) is 3.90. The van der Waals surface area contributed by atoms with Crippen LogP contribution in [0, 0.1) is 17.5 Å². The smallest absolute Gasteiger partial charge is 0.200 e. The normalized spacial score (nSPS) is 16.0. The van der Waals surface area contributed by atoms with Gasteiger partial charge in [0.15, 0.2) is 28.8 Å². The molecule has 0 amide bonds. The maximum Gasteiger partial charge on any atom is 0.200 e. The highest BCUT2D eigenvalue weighted by Crippen LogP contribution is 2.36. The number of anilines is 1. The Bertz CT molecular complexity index is 1160. The van der Waals surface area contributed by atoms with E-state index in [1.165, 1.54) is 6.07 Å². The molecule has 1 atom stereocenters. The second-order valence-electron chi connectivity index (χ2n) is 8.21. The van der Waals surface area contributed by atoms with Crippen LogP contribution in [0.5, 0.6) is 0 Å². The Labute approximate surface area is 177 Å². The minimum absolute atomic E-state index is 0.0126. The molecule has 8 heteroatoms. The predicted molar refractivity (Wildman–Crippen MR) is 114 cm³/mol. The SMILES string of the molecule is CC(c1cccc2c(=O)cc(N3CCOCC3)oc12)[N+](C)(C)c1cc(F)c(F)c(F)c1. The van der Waals surface area contributed by atoms with Crippen molar-refractivity contribution in [3.63, 3.8) is 0 Å². The van der Waals surface area contributed by atoms with Gasteiger partial charge in [-0.05, 0) is 19.1 Å². The first-order valence-electron chi connectivity index (χ1n) is 10.1. The fourth-order valence-corrected chi connectivity index (χ4v) is 3.90. The molecule has 0 spiro atoms. The molecule has 1 fully saturated rings. The summed E-state index contributed by atoms with van der Waals surface area (Å²) in [5, 5.41) is 0.429. The first-order valence-corrected chi connectivity index (χ1v) is 10.1. The van der Waals surface area contributed by atoms with Crippen molar-refractivity contribution < 1.29 is 22.3 Å². The Morgan fingerprint density at radius 3 is 2.32 bits per heavy atom. The molecule has 0 aliphatic carbocycles. The zero-order chi connectivity index (χ0) is 22.3. The van der Waals surface area contributed by atoms with E-state index in [1.54, 1.807) is 26.2 Å². The number of fused-ring (bicyclic) bond motifs is 1. The molecule has 0 N–H and O–H groups in total. The van der Waals surface area contributed by atoms with Crippen molar-refractivity contribution >= 4 is 22.5 Å². The zero-order valence-electron chi connectivity index (χ0n) is 17.6. The number of quaternary nitrogens is 1. The van der Waals surface area contributed by atoms with Crippen molar-refractivity contribution in [2.24, 2.45) is 0 Å². The van der Waals surface area contributed by atoms with E-state index in [0.717, 1.165) is 12.1 Å². The Kier molecular flexibility index (Phi) is 5.53. The third kappa shape index (κ3) is 3.81. The molecule has 0 bridgehead atoms. The first-order chi connectivity index (χ1) is 14.7. The summed E-state index contributed by atoms with van der Waals surface area (Å²) in [6, 6.07) is 8.38. The average molecular weight is 433 g/mol. The zero-order valence-corrected chi connectivity index (χ0v) is 17.6. The number of halogens is 3. The molecule has 1 aliphatic heterocycles. The number of nitrogens with zero attached hydrogens (tertiary/aromatic N) is 2. The lowest BCUT2D eigenvalue weighted by atomic mass is 10.0. The van der Waals surface area contributed by atoms with Gasteiger partial charge in [0, 0.05) is 31.3 Å². The van der Waals surface area contributed by atoms with E-state index in [9.17, 15) is 18.0 Å². The predicted octanol–water partition coefficient (Wildman–Crippen LogP) is 4.38. The van der Waals surface area contributed by atoms with Crippen molar-refractivity contribution in [3.8, 4) is 0 Å². The van der Waals surface area contributed by atoms with Gasteiger partial charge in [0.25, 0.3) is 0 Å². The third-order valence-electron chi connectivity index (χ3n) is 6.15. The van der Waals surface area contributed by atoms with Crippen molar-refractivity contribution in [2.45, 2.75) is 13.0 Å². The van der Waals surface area contributed by atoms with Crippen LogP contribution in [-0.2, 0) is 4.74 Å². The van der Waals surface area contributed by atoms with Gasteiger partial charge < -0.3 is 14.1 Å². The molecule has 0 saturated carbocycles. The maximum atomic E-state index is 13.9. The Balaban J connectivity index is 1.82. The number of ether oxygens (including phenoxy) is 1. The van der Waals surface area contributed by atoms with Crippen LogP contribution < -0.4 is 14.8 Å². The van der Waals surface area contributed by atoms with Gasteiger partial charge in [-0.15, -0.1) is 0 Å². The molecule has 2 heterocycles. The quantitative estimate of drug-likeness (QED) is 0.453. The van der Waals surface area contributed by atoms with Gasteiger partial charge in [0.2, 0.25) is 0 Å². The standard InChI is InChI=1S/C23H24F3N2O3/c1-14(28(2,3)15-11-18(24)22(26)19(25)12-15)16-5-4-6-17-20(29)13-21(31-23(16)17)27-7-9-30-10-8-27/h4-6,11-14H,7-10H2,1-3H3/q+1. The number of hydrogen-bond donors (Lipinski definition) is 0. The van der Waals surface area contributed by atoms with Gasteiger partial charge in [-0.25, -0.2) is 13.2 Å². The number of rotatable bonds is 4. The molecule has 31 heavy (non-hydrogen) atoms. The van der Waals surface area contributed by atoms with E-state index >= 15 is 0 Å². The van der Waals surface area contributed by atoms with Gasteiger partial charge in [0.1, 0.15) is 17.3 Å². The molecule has 1 unspecified atom stereocenters. The molecule has 5 nitrogen and oxygen atoms in total. The summed E-state index contributed by atoms with van der Waals surface area (Å²) in [7, 11) is 3.53. The van der Waals surface area contributed by atoms with Crippen LogP contribution >= 0.6 is 0 Å². The maximum absolute atomic E-state index is 13.9. The highest BCUT2D eigenvalue weighted by molar-refractivity contribution is 5.81. The van der Waals surface area contributed by atoms with Crippen LogP contribution in [0.3, 0.4) is 0 Å². The number of morpholine rings is 1. The minimum atomic E-state index is -1.50. The monoisotopic (exact) mass is 433 g/mol. The van der Waals surface area contributed by atoms with E-state index in [-0.39, 0.29) is 21.6 Å². The highest BCUT2D eigenvalue weighted by Gasteiger charge is 2.33. The first kappa shape index (κ1) is 21.4.